The number of nitrogens with one attached hydrogen (secondary N) is 1. The molecule has 0 radical (unpaired) electrons. The highest BCUT2D eigenvalue weighted by atomic mass is 79.9. The molecule has 7 nitrogen and oxygen atoms in total. The molecule has 0 spiro atoms. The molecule has 1 N–H and O–H groups in total. The van der Waals surface area contributed by atoms with Crippen LogP contribution in [0, 0.1) is 27.9 Å². The average molecular weight is 385 g/mol. The quantitative estimate of drug-likeness (QED) is 0.602. The molecule has 0 aliphatic heterocycles. The molecule has 8 heteroatoms. The first-order chi connectivity index (χ1) is 10.9. The molecule has 4 atom stereocenters. The summed E-state index contributed by atoms with van der Waals surface area (Å²) in [5, 5.41) is 17.7. The molecule has 0 aromatic carbocycles. The number of carbonyl (C=O) groups excluding carboxylic acids is 1. The molecule has 2 fully saturated rings. The van der Waals surface area contributed by atoms with Crippen molar-refractivity contribution < 1.29 is 9.72 Å². The average Bonchev–Trinajstić information content (AvgIpc) is 3.19. The van der Waals surface area contributed by atoms with E-state index in [1.54, 1.807) is 0 Å². The summed E-state index contributed by atoms with van der Waals surface area (Å²) in [4.78, 5) is 22.3. The third-order valence-corrected chi connectivity index (χ3v) is 5.82. The van der Waals surface area contributed by atoms with Crippen molar-refractivity contribution in [2.24, 2.45) is 17.8 Å². The summed E-state index contributed by atoms with van der Waals surface area (Å²) < 4.78 is 1.77. The summed E-state index contributed by atoms with van der Waals surface area (Å²) in [6.07, 6.45) is 7.04. The second-order valence-electron chi connectivity index (χ2n) is 6.77. The van der Waals surface area contributed by atoms with E-state index in [9.17, 15) is 14.9 Å². The number of fused-ring (bicyclic) bond motifs is 2. The van der Waals surface area contributed by atoms with E-state index in [-0.39, 0.29) is 24.2 Å². The van der Waals surface area contributed by atoms with Crippen LogP contribution in [0.15, 0.2) is 10.7 Å². The van der Waals surface area contributed by atoms with Gasteiger partial charge in [0.2, 0.25) is 5.91 Å². The first-order valence-corrected chi connectivity index (χ1v) is 8.90. The van der Waals surface area contributed by atoms with E-state index >= 15 is 0 Å². The number of hydrogen-bond acceptors (Lipinski definition) is 4. The fraction of sp³-hybridized carbons (Fsp3) is 0.733. The normalized spacial score (nSPS) is 27.1. The van der Waals surface area contributed by atoms with Gasteiger partial charge >= 0.3 is 5.82 Å². The Balaban J connectivity index is 1.48. The Labute approximate surface area is 143 Å². The van der Waals surface area contributed by atoms with E-state index in [0.29, 0.717) is 16.9 Å². The maximum atomic E-state index is 12.1. The van der Waals surface area contributed by atoms with Gasteiger partial charge in [-0.2, -0.15) is 4.68 Å². The van der Waals surface area contributed by atoms with Crippen molar-refractivity contribution >= 4 is 27.7 Å². The van der Waals surface area contributed by atoms with Crippen LogP contribution in [0.2, 0.25) is 0 Å². The van der Waals surface area contributed by atoms with Gasteiger partial charge in [0.1, 0.15) is 4.47 Å². The van der Waals surface area contributed by atoms with Gasteiger partial charge in [0.15, 0.2) is 0 Å². The molecule has 126 valence electrons. The van der Waals surface area contributed by atoms with Crippen LogP contribution in [0.1, 0.15) is 39.0 Å². The minimum Gasteiger partial charge on any atom is -0.358 e. The van der Waals surface area contributed by atoms with Gasteiger partial charge in [-0.1, -0.05) is 6.42 Å². The van der Waals surface area contributed by atoms with Gasteiger partial charge in [-0.15, -0.1) is 0 Å². The SMILES string of the molecule is CC(NC(=O)CCn1cc(Br)c([N+](=O)[O-])n1)C1CC2CCC1C2. The Morgan fingerprint density at radius 1 is 1.57 bits per heavy atom. The van der Waals surface area contributed by atoms with Gasteiger partial charge in [-0.25, -0.2) is 0 Å². The molecule has 2 aliphatic carbocycles. The second kappa shape index (κ2) is 6.59. The molecule has 1 amide bonds. The fourth-order valence-electron chi connectivity index (χ4n) is 4.18. The molecule has 3 rings (SSSR count). The summed E-state index contributed by atoms with van der Waals surface area (Å²) >= 11 is 3.10. The van der Waals surface area contributed by atoms with Crippen LogP contribution in [0.4, 0.5) is 5.82 Å². The minimum absolute atomic E-state index is 0.0189. The summed E-state index contributed by atoms with van der Waals surface area (Å²) in [5.41, 5.74) is 0. The number of amides is 1. The largest absolute Gasteiger partial charge is 0.404 e. The monoisotopic (exact) mass is 384 g/mol. The maximum absolute atomic E-state index is 12.1. The molecule has 1 heterocycles. The fourth-order valence-corrected chi connectivity index (χ4v) is 4.64. The highest BCUT2D eigenvalue weighted by Gasteiger charge is 2.42. The van der Waals surface area contributed by atoms with Crippen molar-refractivity contribution in [2.45, 2.75) is 51.6 Å². The van der Waals surface area contributed by atoms with Crippen LogP contribution in [0.3, 0.4) is 0 Å². The first-order valence-electron chi connectivity index (χ1n) is 8.10. The maximum Gasteiger partial charge on any atom is 0.404 e. The summed E-state index contributed by atoms with van der Waals surface area (Å²) in [6, 6.07) is 0.205. The zero-order valence-corrected chi connectivity index (χ0v) is 14.7. The number of rotatable bonds is 6. The number of nitro groups is 1. The molecule has 4 unspecified atom stereocenters. The lowest BCUT2D eigenvalue weighted by Gasteiger charge is -2.28. The van der Waals surface area contributed by atoms with Crippen LogP contribution in [-0.2, 0) is 11.3 Å². The van der Waals surface area contributed by atoms with E-state index in [1.807, 2.05) is 0 Å². The highest BCUT2D eigenvalue weighted by Crippen LogP contribution is 2.49. The highest BCUT2D eigenvalue weighted by molar-refractivity contribution is 9.10. The molecular formula is C15H21BrN4O3. The predicted molar refractivity (Wildman–Crippen MR) is 87.7 cm³/mol. The van der Waals surface area contributed by atoms with Crippen molar-refractivity contribution in [3.63, 3.8) is 0 Å². The van der Waals surface area contributed by atoms with Crippen molar-refractivity contribution in [1.29, 1.82) is 0 Å². The Morgan fingerprint density at radius 3 is 2.91 bits per heavy atom. The lowest BCUT2D eigenvalue weighted by molar-refractivity contribution is -0.390. The Morgan fingerprint density at radius 2 is 2.35 bits per heavy atom. The molecule has 2 bridgehead atoms. The third-order valence-electron chi connectivity index (χ3n) is 5.26. The topological polar surface area (TPSA) is 90.1 Å². The van der Waals surface area contributed by atoms with Crippen molar-refractivity contribution in [3.05, 3.63) is 20.8 Å². The smallest absolute Gasteiger partial charge is 0.358 e. The Hall–Kier alpha value is -1.44. The number of aromatic nitrogens is 2. The van der Waals surface area contributed by atoms with Gasteiger partial charge in [0.25, 0.3) is 0 Å². The van der Waals surface area contributed by atoms with E-state index in [4.69, 9.17) is 0 Å². The van der Waals surface area contributed by atoms with Crippen LogP contribution in [-0.4, -0.2) is 26.7 Å². The van der Waals surface area contributed by atoms with E-state index in [0.717, 1.165) is 11.8 Å². The van der Waals surface area contributed by atoms with Gasteiger partial charge in [-0.05, 0) is 64.8 Å². The zero-order valence-electron chi connectivity index (χ0n) is 13.1. The van der Waals surface area contributed by atoms with Crippen LogP contribution >= 0.6 is 15.9 Å². The van der Waals surface area contributed by atoms with Gasteiger partial charge in [-0.3, -0.25) is 4.79 Å². The molecule has 1 aromatic heterocycles. The molecule has 0 saturated heterocycles. The lowest BCUT2D eigenvalue weighted by Crippen LogP contribution is -2.40. The van der Waals surface area contributed by atoms with Gasteiger partial charge in [0, 0.05) is 12.5 Å². The van der Waals surface area contributed by atoms with Crippen molar-refractivity contribution in [2.75, 3.05) is 0 Å². The summed E-state index contributed by atoms with van der Waals surface area (Å²) in [7, 11) is 0. The predicted octanol–water partition coefficient (Wildman–Crippen LogP) is 2.88. The van der Waals surface area contributed by atoms with Crippen molar-refractivity contribution in [3.8, 4) is 0 Å². The van der Waals surface area contributed by atoms with E-state index in [2.05, 4.69) is 33.3 Å². The van der Waals surface area contributed by atoms with Gasteiger partial charge < -0.3 is 15.4 Å². The van der Waals surface area contributed by atoms with Crippen LogP contribution in [0.25, 0.3) is 0 Å². The number of hydrogen-bond donors (Lipinski definition) is 1. The second-order valence-corrected chi connectivity index (χ2v) is 7.62. The standard InChI is InChI=1S/C15H21BrN4O3/c1-9(12-7-10-2-3-11(12)6-10)17-14(21)4-5-19-8-13(16)15(18-19)20(22)23/h8-12H,2-7H2,1H3,(H,17,21). The summed E-state index contributed by atoms with van der Waals surface area (Å²) in [5.74, 6) is 2.01. The lowest BCUT2D eigenvalue weighted by atomic mass is 9.84. The summed E-state index contributed by atoms with van der Waals surface area (Å²) in [6.45, 7) is 2.43. The van der Waals surface area contributed by atoms with Crippen LogP contribution < -0.4 is 5.32 Å². The number of carbonyl (C=O) groups is 1. The van der Waals surface area contributed by atoms with Crippen molar-refractivity contribution in [1.82, 2.24) is 15.1 Å². The zero-order chi connectivity index (χ0) is 16.6. The van der Waals surface area contributed by atoms with E-state index in [1.165, 1.54) is 36.6 Å². The third kappa shape index (κ3) is 3.57. The molecule has 2 saturated carbocycles. The molecule has 23 heavy (non-hydrogen) atoms. The Bertz CT molecular complexity index is 618. The van der Waals surface area contributed by atoms with Gasteiger partial charge in [0.05, 0.1) is 17.8 Å². The Kier molecular flexibility index (Phi) is 4.70. The molecular weight excluding hydrogens is 364 g/mol. The first kappa shape index (κ1) is 16.4. The number of aryl methyl sites for hydroxylation is 1. The van der Waals surface area contributed by atoms with Crippen LogP contribution in [0.5, 0.6) is 0 Å². The number of nitrogens with zero attached hydrogens (tertiary/aromatic N) is 3. The number of halogens is 1. The minimum atomic E-state index is -0.544. The molecule has 2 aliphatic rings. The molecule has 1 aromatic rings. The van der Waals surface area contributed by atoms with E-state index < -0.39 is 4.92 Å².